The van der Waals surface area contributed by atoms with Gasteiger partial charge in [-0.25, -0.2) is 8.42 Å². The molecule has 2 N–H and O–H groups in total. The van der Waals surface area contributed by atoms with Crippen LogP contribution >= 0.6 is 0 Å². The van der Waals surface area contributed by atoms with Crippen molar-refractivity contribution < 1.29 is 27.8 Å². The minimum Gasteiger partial charge on any atom is -0.496 e. The van der Waals surface area contributed by atoms with Crippen LogP contribution in [0.2, 0.25) is 0 Å². The van der Waals surface area contributed by atoms with E-state index in [0.717, 1.165) is 36.6 Å². The molecule has 0 radical (unpaired) electrons. The number of aromatic nitrogens is 1. The van der Waals surface area contributed by atoms with Gasteiger partial charge in [0.15, 0.2) is 0 Å². The van der Waals surface area contributed by atoms with Crippen molar-refractivity contribution >= 4 is 15.9 Å². The molecule has 1 aromatic heterocycles. The lowest BCUT2D eigenvalue weighted by Gasteiger charge is -2.27. The van der Waals surface area contributed by atoms with Gasteiger partial charge in [-0.1, -0.05) is 24.3 Å². The predicted molar refractivity (Wildman–Crippen MR) is 146 cm³/mol. The third-order valence-corrected chi connectivity index (χ3v) is 7.85. The van der Waals surface area contributed by atoms with E-state index in [-0.39, 0.29) is 12.3 Å². The number of carbonyl (C=O) groups excluding carboxylic acids is 1. The number of hydrogen-bond acceptors (Lipinski definition) is 6. The van der Waals surface area contributed by atoms with E-state index >= 15 is 0 Å². The van der Waals surface area contributed by atoms with Gasteiger partial charge in [-0.05, 0) is 72.6 Å². The lowest BCUT2D eigenvalue weighted by molar-refractivity contribution is -0.118. The molecule has 0 saturated carbocycles. The Morgan fingerprint density at radius 2 is 1.71 bits per heavy atom. The highest BCUT2D eigenvalue weighted by atomic mass is 32.2. The molecule has 3 aromatic rings. The van der Waals surface area contributed by atoms with Crippen LogP contribution in [0.1, 0.15) is 40.3 Å². The number of nitrogens with one attached hydrogen (secondary N) is 1. The molecule has 0 bridgehead atoms. The molecule has 0 unspecified atom stereocenters. The Kier molecular flexibility index (Phi) is 8.47. The van der Waals surface area contributed by atoms with Crippen molar-refractivity contribution in [2.45, 2.75) is 45.3 Å². The number of aliphatic hydroxyl groups excluding tert-OH is 1. The van der Waals surface area contributed by atoms with Crippen LogP contribution in [0.3, 0.4) is 0 Å². The van der Waals surface area contributed by atoms with E-state index in [1.165, 1.54) is 11.1 Å². The average molecular weight is 541 g/mol. The fraction of sp³-hybridized carbons (Fsp3) is 0.414. The van der Waals surface area contributed by atoms with Crippen molar-refractivity contribution in [3.63, 3.8) is 0 Å². The molecule has 2 aromatic carbocycles. The summed E-state index contributed by atoms with van der Waals surface area (Å²) in [4.78, 5) is 12.1. The normalized spacial score (nSPS) is 15.1. The Balaban J connectivity index is 1.57. The van der Waals surface area contributed by atoms with E-state index in [1.54, 1.807) is 20.3 Å². The van der Waals surface area contributed by atoms with Crippen LogP contribution in [0, 0.1) is 18.8 Å². The first-order chi connectivity index (χ1) is 18.1. The summed E-state index contributed by atoms with van der Waals surface area (Å²) in [5.74, 6) is 1.01. The van der Waals surface area contributed by atoms with Gasteiger partial charge in [0.25, 0.3) is 0 Å². The lowest BCUT2D eigenvalue weighted by Crippen LogP contribution is -2.30. The topological polar surface area (TPSA) is 107 Å². The number of carbonyl (C=O) groups is 1. The second-order valence-electron chi connectivity index (χ2n) is 10.2. The van der Waals surface area contributed by atoms with Crippen LogP contribution in [0.4, 0.5) is 0 Å². The molecule has 2 atom stereocenters. The summed E-state index contributed by atoms with van der Waals surface area (Å²) in [6, 6.07) is 14.0. The highest BCUT2D eigenvalue weighted by molar-refractivity contribution is 7.89. The Bertz CT molecular complexity index is 1350. The van der Waals surface area contributed by atoms with E-state index < -0.39 is 22.0 Å². The Labute approximate surface area is 224 Å². The molecule has 8 nitrogen and oxygen atoms in total. The number of methoxy groups -OCH3 is 2. The monoisotopic (exact) mass is 540 g/mol. The summed E-state index contributed by atoms with van der Waals surface area (Å²) in [7, 11) is -0.401. The summed E-state index contributed by atoms with van der Waals surface area (Å²) < 4.78 is 37.8. The lowest BCUT2D eigenvalue weighted by atomic mass is 9.85. The minimum absolute atomic E-state index is 0.0441. The molecule has 38 heavy (non-hydrogen) atoms. The van der Waals surface area contributed by atoms with Gasteiger partial charge in [-0.15, -0.1) is 0 Å². The van der Waals surface area contributed by atoms with Crippen molar-refractivity contribution in [3.8, 4) is 11.5 Å². The summed E-state index contributed by atoms with van der Waals surface area (Å²) in [6.45, 7) is 2.45. The van der Waals surface area contributed by atoms with Crippen LogP contribution < -0.4 is 14.2 Å². The maximum absolute atomic E-state index is 12.1. The second-order valence-corrected chi connectivity index (χ2v) is 12.0. The molecule has 204 valence electrons. The summed E-state index contributed by atoms with van der Waals surface area (Å²) >= 11 is 0. The molecule has 0 fully saturated rings. The van der Waals surface area contributed by atoms with Crippen molar-refractivity contribution in [2.75, 3.05) is 20.5 Å². The summed E-state index contributed by atoms with van der Waals surface area (Å²) in [5, 5.41) is 11.7. The predicted octanol–water partition coefficient (Wildman–Crippen LogP) is 3.59. The Hall–Kier alpha value is -3.30. The summed E-state index contributed by atoms with van der Waals surface area (Å²) in [5.41, 5.74) is 5.03. The van der Waals surface area contributed by atoms with E-state index in [9.17, 15) is 18.3 Å². The number of benzene rings is 2. The van der Waals surface area contributed by atoms with Crippen LogP contribution in [0.15, 0.2) is 54.9 Å². The Morgan fingerprint density at radius 1 is 1.11 bits per heavy atom. The van der Waals surface area contributed by atoms with Crippen LogP contribution in [-0.4, -0.2) is 44.5 Å². The van der Waals surface area contributed by atoms with Gasteiger partial charge >= 0.3 is 0 Å². The van der Waals surface area contributed by atoms with Gasteiger partial charge in [-0.2, -0.15) is 0 Å². The fourth-order valence-corrected chi connectivity index (χ4v) is 5.99. The summed E-state index contributed by atoms with van der Waals surface area (Å²) in [6.07, 6.45) is 6.59. The number of amides is 1. The van der Waals surface area contributed by atoms with E-state index in [2.05, 4.69) is 24.3 Å². The number of sulfonamides is 1. The second kappa shape index (κ2) is 11.6. The molecule has 0 aliphatic heterocycles. The van der Waals surface area contributed by atoms with Crippen molar-refractivity contribution in [1.82, 2.24) is 9.29 Å². The maximum Gasteiger partial charge on any atom is 0.237 e. The van der Waals surface area contributed by atoms with Gasteiger partial charge < -0.3 is 19.1 Å². The zero-order valence-corrected chi connectivity index (χ0v) is 23.1. The molecular weight excluding hydrogens is 504 g/mol. The number of hydrogen-bond donors (Lipinski definition) is 2. The van der Waals surface area contributed by atoms with Gasteiger partial charge in [0.05, 0.1) is 33.0 Å². The molecule has 0 spiro atoms. The number of aliphatic hydroxyl groups is 1. The smallest absolute Gasteiger partial charge is 0.237 e. The standard InChI is InChI=1S/C29H36N2O6S/c1-19-26(36-2)15-24(16-27(19)37-3)29(33)25(13-21-11-22-7-5-6-8-23(22)12-21)18-31-10-9-20(17-31)14-28(32)30-38(4,34)35/h5-10,15-17,21,25,29,33H,11-14,18H2,1-4H3,(H,30,32)/t25-,29+/m0/s1. The largest absolute Gasteiger partial charge is 0.496 e. The van der Waals surface area contributed by atoms with Crippen LogP contribution in [-0.2, 0) is 40.6 Å². The van der Waals surface area contributed by atoms with Gasteiger partial charge in [0.1, 0.15) is 11.5 Å². The molecular formula is C29H36N2O6S. The quantitative estimate of drug-likeness (QED) is 0.385. The highest BCUT2D eigenvalue weighted by Gasteiger charge is 2.30. The minimum atomic E-state index is -3.61. The van der Waals surface area contributed by atoms with Gasteiger partial charge in [0, 0.05) is 30.4 Å². The molecule has 1 heterocycles. The number of fused-ring (bicyclic) bond motifs is 1. The first kappa shape index (κ1) is 27.7. The number of rotatable bonds is 11. The van der Waals surface area contributed by atoms with Crippen molar-refractivity contribution in [3.05, 3.63) is 82.7 Å². The van der Waals surface area contributed by atoms with Crippen LogP contribution in [0.25, 0.3) is 0 Å². The molecule has 1 aliphatic carbocycles. The first-order valence-corrected chi connectivity index (χ1v) is 14.6. The zero-order valence-electron chi connectivity index (χ0n) is 22.3. The molecule has 1 aliphatic rings. The number of nitrogens with zero attached hydrogens (tertiary/aromatic N) is 1. The Morgan fingerprint density at radius 3 is 2.26 bits per heavy atom. The average Bonchev–Trinajstić information content (AvgIpc) is 3.48. The fourth-order valence-electron chi connectivity index (χ4n) is 5.51. The van der Waals surface area contributed by atoms with E-state index in [0.29, 0.717) is 29.5 Å². The molecule has 4 rings (SSSR count). The molecule has 1 amide bonds. The zero-order chi connectivity index (χ0) is 27.4. The third-order valence-electron chi connectivity index (χ3n) is 7.26. The van der Waals surface area contributed by atoms with Gasteiger partial charge in [0.2, 0.25) is 15.9 Å². The molecule has 9 heteroatoms. The first-order valence-electron chi connectivity index (χ1n) is 12.7. The maximum atomic E-state index is 12.1. The van der Waals surface area contributed by atoms with Crippen molar-refractivity contribution in [2.24, 2.45) is 11.8 Å². The van der Waals surface area contributed by atoms with Gasteiger partial charge in [-0.3, -0.25) is 9.52 Å². The van der Waals surface area contributed by atoms with E-state index in [4.69, 9.17) is 9.47 Å². The highest BCUT2D eigenvalue weighted by Crippen LogP contribution is 2.39. The van der Waals surface area contributed by atoms with E-state index in [1.807, 2.05) is 40.7 Å². The van der Waals surface area contributed by atoms with Crippen LogP contribution in [0.5, 0.6) is 11.5 Å². The molecule has 0 saturated heterocycles. The van der Waals surface area contributed by atoms with Crippen molar-refractivity contribution in [1.29, 1.82) is 0 Å². The third kappa shape index (κ3) is 6.76. The SMILES string of the molecule is COc1cc([C@@H](O)[C@@H](CC2Cc3ccccc3C2)Cn2ccc(CC(=O)NS(C)(=O)=O)c2)cc(OC)c1C. The number of ether oxygens (including phenoxy) is 2.